The molecular weight excluding hydrogens is 258 g/mol. The van der Waals surface area contributed by atoms with Crippen molar-refractivity contribution in [1.82, 2.24) is 9.97 Å². The van der Waals surface area contributed by atoms with Crippen LogP contribution in [0.25, 0.3) is 10.2 Å². The minimum atomic E-state index is -0.0570. The number of aromatic nitrogens is 2. The lowest BCUT2D eigenvalue weighted by Gasteiger charge is -2.12. The Balaban J connectivity index is 2.14. The van der Waals surface area contributed by atoms with Gasteiger partial charge in [0.1, 0.15) is 16.8 Å². The lowest BCUT2D eigenvalue weighted by molar-refractivity contribution is 0.0704. The van der Waals surface area contributed by atoms with Crippen LogP contribution in [0.15, 0.2) is 0 Å². The summed E-state index contributed by atoms with van der Waals surface area (Å²) in [5.74, 6) is 1.73. The standard InChI is InChI=1S/C14H19N3OS/c1-4-18-8(2)12-16-13(15-3)11-9-6-5-7-10(9)19-14(11)17-12/h8H,4-7H2,1-3H3,(H,15,16,17). The molecule has 5 heteroatoms. The Labute approximate surface area is 117 Å². The second-order valence-electron chi connectivity index (χ2n) is 4.82. The Hall–Kier alpha value is -1.20. The highest BCUT2D eigenvalue weighted by molar-refractivity contribution is 7.19. The fourth-order valence-corrected chi connectivity index (χ4v) is 3.97. The van der Waals surface area contributed by atoms with E-state index in [2.05, 4.69) is 10.3 Å². The van der Waals surface area contributed by atoms with E-state index in [9.17, 15) is 0 Å². The van der Waals surface area contributed by atoms with E-state index in [0.29, 0.717) is 6.61 Å². The van der Waals surface area contributed by atoms with Crippen molar-refractivity contribution < 1.29 is 4.74 Å². The van der Waals surface area contributed by atoms with Gasteiger partial charge in [-0.3, -0.25) is 0 Å². The number of ether oxygens (including phenoxy) is 1. The van der Waals surface area contributed by atoms with Gasteiger partial charge in [0, 0.05) is 18.5 Å². The van der Waals surface area contributed by atoms with Gasteiger partial charge in [0.05, 0.1) is 5.39 Å². The maximum atomic E-state index is 5.61. The van der Waals surface area contributed by atoms with Crippen molar-refractivity contribution in [3.8, 4) is 0 Å². The van der Waals surface area contributed by atoms with Gasteiger partial charge in [0.2, 0.25) is 0 Å². The Kier molecular flexibility index (Phi) is 3.41. The lowest BCUT2D eigenvalue weighted by Crippen LogP contribution is -2.07. The Morgan fingerprint density at radius 2 is 2.21 bits per heavy atom. The third-order valence-electron chi connectivity index (χ3n) is 3.60. The maximum Gasteiger partial charge on any atom is 0.160 e. The molecule has 1 N–H and O–H groups in total. The Bertz CT molecular complexity index is 608. The van der Waals surface area contributed by atoms with Gasteiger partial charge in [-0.1, -0.05) is 0 Å². The van der Waals surface area contributed by atoms with Gasteiger partial charge in [-0.25, -0.2) is 9.97 Å². The Morgan fingerprint density at radius 1 is 1.37 bits per heavy atom. The summed E-state index contributed by atoms with van der Waals surface area (Å²) in [5, 5.41) is 4.45. The molecular formula is C14H19N3OS. The van der Waals surface area contributed by atoms with E-state index in [-0.39, 0.29) is 6.10 Å². The summed E-state index contributed by atoms with van der Waals surface area (Å²) in [6.07, 6.45) is 3.56. The molecule has 0 aliphatic heterocycles. The molecule has 2 aromatic rings. The zero-order valence-electron chi connectivity index (χ0n) is 11.6. The molecule has 1 aliphatic rings. The van der Waals surface area contributed by atoms with Crippen molar-refractivity contribution in [3.05, 3.63) is 16.3 Å². The van der Waals surface area contributed by atoms with Crippen LogP contribution in [-0.2, 0) is 17.6 Å². The van der Waals surface area contributed by atoms with Crippen LogP contribution in [0.5, 0.6) is 0 Å². The van der Waals surface area contributed by atoms with Crippen molar-refractivity contribution in [2.75, 3.05) is 19.0 Å². The quantitative estimate of drug-likeness (QED) is 0.931. The van der Waals surface area contributed by atoms with Gasteiger partial charge >= 0.3 is 0 Å². The number of rotatable bonds is 4. The van der Waals surface area contributed by atoms with Crippen LogP contribution in [0.3, 0.4) is 0 Å². The highest BCUT2D eigenvalue weighted by atomic mass is 32.1. The molecule has 0 aromatic carbocycles. The minimum Gasteiger partial charge on any atom is -0.372 e. The largest absolute Gasteiger partial charge is 0.372 e. The summed E-state index contributed by atoms with van der Waals surface area (Å²) < 4.78 is 5.61. The molecule has 4 nitrogen and oxygen atoms in total. The number of aryl methyl sites for hydroxylation is 2. The summed E-state index contributed by atoms with van der Waals surface area (Å²) in [5.41, 5.74) is 1.46. The molecule has 2 heterocycles. The van der Waals surface area contributed by atoms with E-state index in [1.54, 1.807) is 0 Å². The molecule has 0 saturated heterocycles. The van der Waals surface area contributed by atoms with E-state index in [4.69, 9.17) is 9.72 Å². The second kappa shape index (κ2) is 5.06. The van der Waals surface area contributed by atoms with Gasteiger partial charge in [0.15, 0.2) is 5.82 Å². The van der Waals surface area contributed by atoms with Gasteiger partial charge in [0.25, 0.3) is 0 Å². The van der Waals surface area contributed by atoms with Crippen LogP contribution in [0.4, 0.5) is 5.82 Å². The van der Waals surface area contributed by atoms with Crippen LogP contribution >= 0.6 is 11.3 Å². The van der Waals surface area contributed by atoms with E-state index in [1.807, 2.05) is 32.2 Å². The second-order valence-corrected chi connectivity index (χ2v) is 5.90. The number of fused-ring (bicyclic) bond motifs is 3. The summed E-state index contributed by atoms with van der Waals surface area (Å²) in [4.78, 5) is 11.9. The van der Waals surface area contributed by atoms with Crippen molar-refractivity contribution >= 4 is 27.4 Å². The number of hydrogen-bond donors (Lipinski definition) is 1. The first-order valence-corrected chi connectivity index (χ1v) is 7.67. The molecule has 0 spiro atoms. The fraction of sp³-hybridized carbons (Fsp3) is 0.571. The zero-order valence-corrected chi connectivity index (χ0v) is 12.4. The van der Waals surface area contributed by atoms with Crippen molar-refractivity contribution in [3.63, 3.8) is 0 Å². The summed E-state index contributed by atoms with van der Waals surface area (Å²) in [6.45, 7) is 4.68. The van der Waals surface area contributed by atoms with Crippen LogP contribution in [0.2, 0.25) is 0 Å². The molecule has 1 aliphatic carbocycles. The SMILES string of the molecule is CCOC(C)c1nc(NC)c2c3c(sc2n1)CCC3. The molecule has 1 atom stereocenters. The van der Waals surface area contributed by atoms with Crippen molar-refractivity contribution in [2.24, 2.45) is 0 Å². The van der Waals surface area contributed by atoms with E-state index < -0.39 is 0 Å². The van der Waals surface area contributed by atoms with Crippen molar-refractivity contribution in [1.29, 1.82) is 0 Å². The fourth-order valence-electron chi connectivity index (χ4n) is 2.70. The molecule has 0 bridgehead atoms. The number of anilines is 1. The third kappa shape index (κ3) is 2.11. The molecule has 102 valence electrons. The lowest BCUT2D eigenvalue weighted by atomic mass is 10.2. The average molecular weight is 277 g/mol. The molecule has 2 aromatic heterocycles. The van der Waals surface area contributed by atoms with Crippen LogP contribution < -0.4 is 5.32 Å². The minimum absolute atomic E-state index is 0.0570. The summed E-state index contributed by atoms with van der Waals surface area (Å²) in [7, 11) is 1.93. The van der Waals surface area contributed by atoms with E-state index in [1.165, 1.54) is 28.7 Å². The van der Waals surface area contributed by atoms with Crippen LogP contribution in [-0.4, -0.2) is 23.6 Å². The molecule has 0 saturated carbocycles. The zero-order chi connectivity index (χ0) is 13.4. The predicted octanol–water partition coefficient (Wildman–Crippen LogP) is 3.32. The Morgan fingerprint density at radius 3 is 2.95 bits per heavy atom. The summed E-state index contributed by atoms with van der Waals surface area (Å²) >= 11 is 1.82. The highest BCUT2D eigenvalue weighted by Gasteiger charge is 2.23. The topological polar surface area (TPSA) is 47.0 Å². The van der Waals surface area contributed by atoms with Crippen LogP contribution in [0, 0.1) is 0 Å². The smallest absolute Gasteiger partial charge is 0.160 e. The highest BCUT2D eigenvalue weighted by Crippen LogP contribution is 2.39. The van der Waals surface area contributed by atoms with Gasteiger partial charge < -0.3 is 10.1 Å². The van der Waals surface area contributed by atoms with E-state index in [0.717, 1.165) is 22.9 Å². The maximum absolute atomic E-state index is 5.61. The molecule has 1 unspecified atom stereocenters. The average Bonchev–Trinajstić information content (AvgIpc) is 2.97. The number of thiophene rings is 1. The third-order valence-corrected chi connectivity index (χ3v) is 4.78. The van der Waals surface area contributed by atoms with Gasteiger partial charge in [-0.05, 0) is 38.7 Å². The van der Waals surface area contributed by atoms with E-state index >= 15 is 0 Å². The van der Waals surface area contributed by atoms with Crippen LogP contribution in [0.1, 0.15) is 42.6 Å². The number of hydrogen-bond acceptors (Lipinski definition) is 5. The van der Waals surface area contributed by atoms with Gasteiger partial charge in [-0.15, -0.1) is 11.3 Å². The monoisotopic (exact) mass is 277 g/mol. The molecule has 0 fully saturated rings. The first kappa shape index (κ1) is 12.8. The predicted molar refractivity (Wildman–Crippen MR) is 79.0 cm³/mol. The summed E-state index contributed by atoms with van der Waals surface area (Å²) in [6, 6.07) is 0. The molecule has 3 rings (SSSR count). The first-order chi connectivity index (χ1) is 9.24. The number of nitrogens with one attached hydrogen (secondary N) is 1. The van der Waals surface area contributed by atoms with Gasteiger partial charge in [-0.2, -0.15) is 0 Å². The number of nitrogens with zero attached hydrogens (tertiary/aromatic N) is 2. The molecule has 0 amide bonds. The first-order valence-electron chi connectivity index (χ1n) is 6.86. The molecule has 19 heavy (non-hydrogen) atoms. The van der Waals surface area contributed by atoms with Crippen molar-refractivity contribution in [2.45, 2.75) is 39.2 Å². The molecule has 0 radical (unpaired) electrons. The normalized spacial score (nSPS) is 15.7.